The third-order valence-electron chi connectivity index (χ3n) is 3.82. The van der Waals surface area contributed by atoms with E-state index in [0.29, 0.717) is 12.2 Å². The number of amides is 1. The van der Waals surface area contributed by atoms with E-state index >= 15 is 0 Å². The number of carbonyl (C=O) groups is 1. The van der Waals surface area contributed by atoms with Gasteiger partial charge in [0.25, 0.3) is 0 Å². The molecule has 1 amide bonds. The van der Waals surface area contributed by atoms with Crippen molar-refractivity contribution >= 4 is 11.6 Å². The Morgan fingerprint density at radius 2 is 2.00 bits per heavy atom. The fourth-order valence-electron chi connectivity index (χ4n) is 2.38. The molecule has 4 nitrogen and oxygen atoms in total. The molecule has 0 saturated carbocycles. The van der Waals surface area contributed by atoms with Gasteiger partial charge in [0, 0.05) is 18.3 Å². The van der Waals surface area contributed by atoms with Gasteiger partial charge in [0.1, 0.15) is 11.9 Å². The molecule has 2 unspecified atom stereocenters. The smallest absolute Gasteiger partial charge is 0.246 e. The minimum Gasteiger partial charge on any atom is -0.394 e. The van der Waals surface area contributed by atoms with Gasteiger partial charge in [-0.15, -0.1) is 0 Å². The first kappa shape index (κ1) is 14.0. The number of nitrogens with zero attached hydrogens (tertiary/aromatic N) is 2. The number of hydrogen-bond donors (Lipinski definition) is 1. The summed E-state index contributed by atoms with van der Waals surface area (Å²) in [5.41, 5.74) is 0.673. The maximum absolute atomic E-state index is 12.9. The van der Waals surface area contributed by atoms with Crippen LogP contribution in [0.5, 0.6) is 0 Å². The first-order valence-corrected chi connectivity index (χ1v) is 6.44. The van der Waals surface area contributed by atoms with E-state index in [4.69, 9.17) is 0 Å². The topological polar surface area (TPSA) is 43.8 Å². The van der Waals surface area contributed by atoms with Crippen LogP contribution < -0.4 is 4.90 Å². The Morgan fingerprint density at radius 1 is 1.37 bits per heavy atom. The van der Waals surface area contributed by atoms with Crippen molar-refractivity contribution in [2.24, 2.45) is 0 Å². The molecule has 1 fully saturated rings. The van der Waals surface area contributed by atoms with Gasteiger partial charge < -0.3 is 10.0 Å². The van der Waals surface area contributed by atoms with Gasteiger partial charge in [-0.25, -0.2) is 4.39 Å². The highest BCUT2D eigenvalue weighted by Crippen LogP contribution is 2.22. The van der Waals surface area contributed by atoms with Crippen LogP contribution in [0.4, 0.5) is 10.1 Å². The van der Waals surface area contributed by atoms with Gasteiger partial charge >= 0.3 is 0 Å². The molecule has 1 aliphatic heterocycles. The van der Waals surface area contributed by atoms with Gasteiger partial charge in [-0.2, -0.15) is 0 Å². The fraction of sp³-hybridized carbons (Fsp3) is 0.500. The van der Waals surface area contributed by atoms with Gasteiger partial charge in [-0.3, -0.25) is 9.69 Å². The van der Waals surface area contributed by atoms with E-state index in [0.717, 1.165) is 6.42 Å². The Bertz CT molecular complexity index is 449. The SMILES string of the molecule is CC1CCN(c2ccc(F)cc2)C(=O)C(CO)N1C. The number of benzene rings is 1. The molecule has 2 rings (SSSR count). The summed E-state index contributed by atoms with van der Waals surface area (Å²) in [6.45, 7) is 2.40. The molecular formula is C14H19FN2O2. The fourth-order valence-corrected chi connectivity index (χ4v) is 2.38. The lowest BCUT2D eigenvalue weighted by Crippen LogP contribution is -2.48. The zero-order chi connectivity index (χ0) is 14.0. The maximum Gasteiger partial charge on any atom is 0.246 e. The largest absolute Gasteiger partial charge is 0.394 e. The highest BCUT2D eigenvalue weighted by atomic mass is 19.1. The van der Waals surface area contributed by atoms with Crippen LogP contribution in [-0.4, -0.2) is 48.2 Å². The molecule has 1 saturated heterocycles. The molecule has 5 heteroatoms. The highest BCUT2D eigenvalue weighted by molar-refractivity contribution is 5.97. The minimum atomic E-state index is -0.539. The van der Waals surface area contributed by atoms with Crippen molar-refractivity contribution in [1.82, 2.24) is 4.90 Å². The first-order chi connectivity index (χ1) is 9.04. The quantitative estimate of drug-likeness (QED) is 0.876. The van der Waals surface area contributed by atoms with Crippen LogP contribution in [0.3, 0.4) is 0 Å². The number of likely N-dealkylation sites (N-methyl/N-ethyl adjacent to an activating group) is 1. The predicted molar refractivity (Wildman–Crippen MR) is 71.5 cm³/mol. The van der Waals surface area contributed by atoms with Crippen LogP contribution in [0.15, 0.2) is 24.3 Å². The van der Waals surface area contributed by atoms with Crippen molar-refractivity contribution in [3.8, 4) is 0 Å². The van der Waals surface area contributed by atoms with Gasteiger partial charge in [0.05, 0.1) is 6.61 Å². The number of halogens is 1. The molecule has 0 spiro atoms. The van der Waals surface area contributed by atoms with Crippen molar-refractivity contribution in [3.05, 3.63) is 30.1 Å². The molecule has 1 aromatic carbocycles. The van der Waals surface area contributed by atoms with E-state index in [9.17, 15) is 14.3 Å². The van der Waals surface area contributed by atoms with E-state index in [1.54, 1.807) is 17.0 Å². The number of hydrogen-bond acceptors (Lipinski definition) is 3. The number of carbonyl (C=O) groups excluding carboxylic acids is 1. The summed E-state index contributed by atoms with van der Waals surface area (Å²) < 4.78 is 12.9. The molecule has 2 atom stereocenters. The number of aliphatic hydroxyl groups excluding tert-OH is 1. The summed E-state index contributed by atoms with van der Waals surface area (Å²) in [7, 11) is 1.84. The summed E-state index contributed by atoms with van der Waals surface area (Å²) in [5, 5.41) is 9.43. The Kier molecular flexibility index (Phi) is 4.17. The van der Waals surface area contributed by atoms with Gasteiger partial charge in [0.2, 0.25) is 5.91 Å². The summed E-state index contributed by atoms with van der Waals surface area (Å²) in [6.07, 6.45) is 0.816. The van der Waals surface area contributed by atoms with Gasteiger partial charge in [-0.1, -0.05) is 0 Å². The number of rotatable bonds is 2. The van der Waals surface area contributed by atoms with Crippen molar-refractivity contribution < 1.29 is 14.3 Å². The van der Waals surface area contributed by atoms with Crippen LogP contribution in [0.1, 0.15) is 13.3 Å². The van der Waals surface area contributed by atoms with E-state index in [1.807, 2.05) is 18.9 Å². The molecule has 0 aliphatic carbocycles. The first-order valence-electron chi connectivity index (χ1n) is 6.44. The second-order valence-corrected chi connectivity index (χ2v) is 4.97. The van der Waals surface area contributed by atoms with Crippen LogP contribution in [0, 0.1) is 5.82 Å². The molecule has 1 heterocycles. The van der Waals surface area contributed by atoms with Crippen LogP contribution in [-0.2, 0) is 4.79 Å². The van der Waals surface area contributed by atoms with E-state index < -0.39 is 6.04 Å². The lowest BCUT2D eigenvalue weighted by molar-refractivity contribution is -0.124. The molecular weight excluding hydrogens is 247 g/mol. The molecule has 0 radical (unpaired) electrons. The van der Waals surface area contributed by atoms with E-state index in [1.165, 1.54) is 12.1 Å². The van der Waals surface area contributed by atoms with Crippen molar-refractivity contribution in [2.45, 2.75) is 25.4 Å². The highest BCUT2D eigenvalue weighted by Gasteiger charge is 2.33. The zero-order valence-corrected chi connectivity index (χ0v) is 11.2. The Hall–Kier alpha value is -1.46. The summed E-state index contributed by atoms with van der Waals surface area (Å²) >= 11 is 0. The molecule has 19 heavy (non-hydrogen) atoms. The Labute approximate surface area is 112 Å². The van der Waals surface area contributed by atoms with E-state index in [-0.39, 0.29) is 24.4 Å². The normalized spacial score (nSPS) is 25.5. The summed E-state index contributed by atoms with van der Waals surface area (Å²) in [6, 6.07) is 5.55. The van der Waals surface area contributed by atoms with Crippen LogP contribution in [0.2, 0.25) is 0 Å². The third kappa shape index (κ3) is 2.77. The standard InChI is InChI=1S/C14H19FN2O2/c1-10-7-8-17(12-5-3-11(15)4-6-12)14(19)13(9-18)16(10)2/h3-6,10,13,18H,7-9H2,1-2H3. The monoisotopic (exact) mass is 266 g/mol. The average molecular weight is 266 g/mol. The van der Waals surface area contributed by atoms with E-state index in [2.05, 4.69) is 0 Å². The van der Waals surface area contributed by atoms with Gasteiger partial charge in [-0.05, 0) is 44.7 Å². The van der Waals surface area contributed by atoms with Crippen LogP contribution >= 0.6 is 0 Å². The van der Waals surface area contributed by atoms with Crippen molar-refractivity contribution in [2.75, 3.05) is 25.1 Å². The number of aliphatic hydroxyl groups is 1. The lowest BCUT2D eigenvalue weighted by Gasteiger charge is -2.29. The van der Waals surface area contributed by atoms with Crippen LogP contribution in [0.25, 0.3) is 0 Å². The van der Waals surface area contributed by atoms with Crippen molar-refractivity contribution in [3.63, 3.8) is 0 Å². The lowest BCUT2D eigenvalue weighted by atomic mass is 10.2. The predicted octanol–water partition coefficient (Wildman–Crippen LogP) is 1.24. The maximum atomic E-state index is 12.9. The zero-order valence-electron chi connectivity index (χ0n) is 11.2. The molecule has 0 aromatic heterocycles. The summed E-state index contributed by atoms with van der Waals surface area (Å²) in [4.78, 5) is 16.0. The molecule has 1 aliphatic rings. The Morgan fingerprint density at radius 3 is 2.58 bits per heavy atom. The second-order valence-electron chi connectivity index (χ2n) is 4.97. The summed E-state index contributed by atoms with van der Waals surface area (Å²) in [5.74, 6) is -0.462. The second kappa shape index (κ2) is 5.67. The van der Waals surface area contributed by atoms with Crippen molar-refractivity contribution in [1.29, 1.82) is 0 Å². The molecule has 1 N–H and O–H groups in total. The molecule has 0 bridgehead atoms. The minimum absolute atomic E-state index is 0.138. The van der Waals surface area contributed by atoms with Gasteiger partial charge in [0.15, 0.2) is 0 Å². The average Bonchev–Trinajstić information content (AvgIpc) is 2.50. The third-order valence-corrected chi connectivity index (χ3v) is 3.82. The molecule has 1 aromatic rings. The number of anilines is 1. The molecule has 104 valence electrons. The Balaban J connectivity index is 2.29.